The van der Waals surface area contributed by atoms with Gasteiger partial charge in [-0.05, 0) is 54.9 Å². The molecule has 0 bridgehead atoms. The van der Waals surface area contributed by atoms with E-state index < -0.39 is 0 Å². The lowest BCUT2D eigenvalue weighted by molar-refractivity contribution is -0.131. The van der Waals surface area contributed by atoms with E-state index >= 15 is 0 Å². The third-order valence-corrected chi connectivity index (χ3v) is 4.32. The molecule has 0 saturated heterocycles. The zero-order valence-corrected chi connectivity index (χ0v) is 13.7. The predicted octanol–water partition coefficient (Wildman–Crippen LogP) is 3.83. The Kier molecular flexibility index (Phi) is 4.60. The van der Waals surface area contributed by atoms with Crippen LogP contribution in [0.15, 0.2) is 18.2 Å². The van der Waals surface area contributed by atoms with Crippen LogP contribution in [0, 0.1) is 11.3 Å². The van der Waals surface area contributed by atoms with Crippen molar-refractivity contribution in [2.24, 2.45) is 11.3 Å². The lowest BCUT2D eigenvalue weighted by Crippen LogP contribution is -2.40. The van der Waals surface area contributed by atoms with Crippen molar-refractivity contribution in [3.05, 3.63) is 29.3 Å². The van der Waals surface area contributed by atoms with Gasteiger partial charge in [0.15, 0.2) is 0 Å². The van der Waals surface area contributed by atoms with Gasteiger partial charge >= 0.3 is 0 Å². The molecule has 2 rings (SSSR count). The van der Waals surface area contributed by atoms with E-state index in [2.05, 4.69) is 25.2 Å². The number of nitrogen functional groups attached to an aromatic ring is 1. The highest BCUT2D eigenvalue weighted by Gasteiger charge is 2.31. The third-order valence-electron chi connectivity index (χ3n) is 4.32. The number of amides is 1. The molecule has 1 unspecified atom stereocenters. The second-order valence-corrected chi connectivity index (χ2v) is 7.36. The highest BCUT2D eigenvalue weighted by Crippen LogP contribution is 2.33. The van der Waals surface area contributed by atoms with Gasteiger partial charge in [0.2, 0.25) is 5.91 Å². The topological polar surface area (TPSA) is 55.1 Å². The Labute approximate surface area is 128 Å². The molecule has 0 radical (unpaired) electrons. The van der Waals surface area contributed by atoms with Gasteiger partial charge in [-0.3, -0.25) is 4.79 Å². The molecule has 3 N–H and O–H groups in total. The predicted molar refractivity (Wildman–Crippen MR) is 87.9 cm³/mol. The minimum atomic E-state index is -0.320. The highest BCUT2D eigenvalue weighted by molar-refractivity contribution is 5.82. The summed E-state index contributed by atoms with van der Waals surface area (Å²) in [6, 6.07) is 6.19. The summed E-state index contributed by atoms with van der Waals surface area (Å²) in [6.07, 6.45) is 4.08. The highest BCUT2D eigenvalue weighted by atomic mass is 16.2. The molecule has 0 aromatic heterocycles. The van der Waals surface area contributed by atoms with Crippen LogP contribution in [0.2, 0.25) is 0 Å². The monoisotopic (exact) mass is 288 g/mol. The quantitative estimate of drug-likeness (QED) is 0.827. The molecule has 1 atom stereocenters. The molecule has 0 saturated carbocycles. The zero-order chi connectivity index (χ0) is 15.6. The minimum absolute atomic E-state index is 0.133. The van der Waals surface area contributed by atoms with E-state index in [9.17, 15) is 4.79 Å². The summed E-state index contributed by atoms with van der Waals surface area (Å²) in [4.78, 5) is 12.6. The first-order chi connectivity index (χ1) is 9.79. The molecule has 3 nitrogen and oxygen atoms in total. The van der Waals surface area contributed by atoms with Crippen molar-refractivity contribution >= 4 is 11.6 Å². The van der Waals surface area contributed by atoms with E-state index in [1.807, 2.05) is 26.0 Å². The summed E-state index contributed by atoms with van der Waals surface area (Å²) in [5, 5.41) is 3.26. The van der Waals surface area contributed by atoms with E-state index in [1.165, 1.54) is 11.1 Å². The van der Waals surface area contributed by atoms with Gasteiger partial charge in [0.05, 0.1) is 6.04 Å². The van der Waals surface area contributed by atoms with Crippen molar-refractivity contribution in [1.29, 1.82) is 0 Å². The maximum atomic E-state index is 12.6. The number of aryl methyl sites for hydroxylation is 1. The second kappa shape index (κ2) is 6.08. The largest absolute Gasteiger partial charge is 0.399 e. The Balaban J connectivity index is 2.13. The molecule has 1 aromatic carbocycles. The van der Waals surface area contributed by atoms with E-state index in [0.29, 0.717) is 5.92 Å². The summed E-state index contributed by atoms with van der Waals surface area (Å²) >= 11 is 0. The van der Waals surface area contributed by atoms with Gasteiger partial charge in [-0.1, -0.05) is 33.8 Å². The zero-order valence-electron chi connectivity index (χ0n) is 13.7. The molecule has 0 spiro atoms. The number of hydrogen-bond donors (Lipinski definition) is 2. The van der Waals surface area contributed by atoms with Gasteiger partial charge in [0.1, 0.15) is 0 Å². The number of anilines is 1. The van der Waals surface area contributed by atoms with Crippen LogP contribution in [0.3, 0.4) is 0 Å². The van der Waals surface area contributed by atoms with Gasteiger partial charge < -0.3 is 11.1 Å². The second-order valence-electron chi connectivity index (χ2n) is 7.36. The maximum absolute atomic E-state index is 12.6. The molecule has 1 aromatic rings. The Morgan fingerprint density at radius 3 is 2.81 bits per heavy atom. The van der Waals surface area contributed by atoms with Crippen molar-refractivity contribution < 1.29 is 4.79 Å². The fourth-order valence-corrected chi connectivity index (χ4v) is 3.45. The fourth-order valence-electron chi connectivity index (χ4n) is 3.45. The molecule has 116 valence electrons. The Hall–Kier alpha value is -1.51. The molecule has 0 aliphatic heterocycles. The van der Waals surface area contributed by atoms with E-state index in [1.54, 1.807) is 0 Å². The van der Waals surface area contributed by atoms with Crippen LogP contribution in [0.5, 0.6) is 0 Å². The lowest BCUT2D eigenvalue weighted by Gasteiger charge is -2.32. The average Bonchev–Trinajstić information content (AvgIpc) is 2.37. The summed E-state index contributed by atoms with van der Waals surface area (Å²) in [5.74, 6) is 0.676. The van der Waals surface area contributed by atoms with E-state index in [0.717, 1.165) is 31.4 Å². The molecule has 0 heterocycles. The fraction of sp³-hybridized carbons (Fsp3) is 0.611. The van der Waals surface area contributed by atoms with Crippen molar-refractivity contribution in [3.63, 3.8) is 0 Å². The van der Waals surface area contributed by atoms with Gasteiger partial charge in [-0.15, -0.1) is 0 Å². The normalized spacial score (nSPS) is 18.4. The average molecular weight is 288 g/mol. The summed E-state index contributed by atoms with van der Waals surface area (Å²) in [7, 11) is 0. The molecular formula is C18H28N2O. The molecule has 0 fully saturated rings. The van der Waals surface area contributed by atoms with Crippen LogP contribution in [-0.4, -0.2) is 5.91 Å². The number of nitrogens with one attached hydrogen (secondary N) is 1. The standard InChI is InChI=1S/C18H28N2O/c1-12(2)11-18(3,4)17(21)20-16-7-5-6-13-10-14(19)8-9-15(13)16/h8-10,12,16H,5-7,11,19H2,1-4H3,(H,20,21). The Bertz CT molecular complexity index is 520. The van der Waals surface area contributed by atoms with Gasteiger partial charge in [-0.2, -0.15) is 0 Å². The minimum Gasteiger partial charge on any atom is -0.399 e. The number of benzene rings is 1. The van der Waals surface area contributed by atoms with Crippen LogP contribution < -0.4 is 11.1 Å². The summed E-state index contributed by atoms with van der Waals surface area (Å²) in [5.41, 5.74) is 8.88. The molecule has 1 aliphatic carbocycles. The van der Waals surface area contributed by atoms with Crippen LogP contribution in [0.25, 0.3) is 0 Å². The first-order valence-corrected chi connectivity index (χ1v) is 7.99. The van der Waals surface area contributed by atoms with E-state index in [4.69, 9.17) is 5.73 Å². The first kappa shape index (κ1) is 15.9. The maximum Gasteiger partial charge on any atom is 0.226 e. The van der Waals surface area contributed by atoms with Gasteiger partial charge in [-0.25, -0.2) is 0 Å². The van der Waals surface area contributed by atoms with Crippen LogP contribution >= 0.6 is 0 Å². The number of fused-ring (bicyclic) bond motifs is 1. The smallest absolute Gasteiger partial charge is 0.226 e. The van der Waals surface area contributed by atoms with Crippen LogP contribution in [0.4, 0.5) is 5.69 Å². The SMILES string of the molecule is CC(C)CC(C)(C)C(=O)NC1CCCc2cc(N)ccc21. The number of nitrogens with two attached hydrogens (primary N) is 1. The summed E-state index contributed by atoms with van der Waals surface area (Å²) < 4.78 is 0. The summed E-state index contributed by atoms with van der Waals surface area (Å²) in [6.45, 7) is 8.39. The van der Waals surface area contributed by atoms with Crippen molar-refractivity contribution in [3.8, 4) is 0 Å². The molecule has 3 heteroatoms. The first-order valence-electron chi connectivity index (χ1n) is 7.99. The Morgan fingerprint density at radius 2 is 2.14 bits per heavy atom. The number of hydrogen-bond acceptors (Lipinski definition) is 2. The number of carbonyl (C=O) groups is 1. The molecule has 1 aliphatic rings. The van der Waals surface area contributed by atoms with Crippen molar-refractivity contribution in [2.75, 3.05) is 5.73 Å². The van der Waals surface area contributed by atoms with Crippen LogP contribution in [0.1, 0.15) is 64.1 Å². The van der Waals surface area contributed by atoms with Crippen molar-refractivity contribution in [2.45, 2.75) is 59.4 Å². The van der Waals surface area contributed by atoms with Crippen molar-refractivity contribution in [1.82, 2.24) is 5.32 Å². The Morgan fingerprint density at radius 1 is 1.43 bits per heavy atom. The van der Waals surface area contributed by atoms with Crippen LogP contribution in [-0.2, 0) is 11.2 Å². The van der Waals surface area contributed by atoms with Gasteiger partial charge in [0, 0.05) is 11.1 Å². The number of carbonyl (C=O) groups excluding carboxylic acids is 1. The molecule has 21 heavy (non-hydrogen) atoms. The third kappa shape index (κ3) is 3.78. The number of rotatable bonds is 4. The lowest BCUT2D eigenvalue weighted by atomic mass is 9.81. The molecule has 1 amide bonds. The van der Waals surface area contributed by atoms with E-state index in [-0.39, 0.29) is 17.4 Å². The van der Waals surface area contributed by atoms with Gasteiger partial charge in [0.25, 0.3) is 0 Å². The molecular weight excluding hydrogens is 260 g/mol.